The van der Waals surface area contributed by atoms with E-state index in [0.29, 0.717) is 35.9 Å². The van der Waals surface area contributed by atoms with Crippen LogP contribution in [0.3, 0.4) is 0 Å². The minimum absolute atomic E-state index is 0.0418. The van der Waals surface area contributed by atoms with E-state index in [4.69, 9.17) is 14.2 Å². The Morgan fingerprint density at radius 2 is 2.00 bits per heavy atom. The predicted molar refractivity (Wildman–Crippen MR) is 100 cm³/mol. The number of hydrogen-bond acceptors (Lipinski definition) is 5. The van der Waals surface area contributed by atoms with Crippen molar-refractivity contribution in [2.24, 2.45) is 0 Å². The van der Waals surface area contributed by atoms with Gasteiger partial charge in [0.2, 0.25) is 5.91 Å². The van der Waals surface area contributed by atoms with Crippen molar-refractivity contribution < 1.29 is 23.8 Å². The molecule has 2 aromatic carbocycles. The van der Waals surface area contributed by atoms with E-state index >= 15 is 0 Å². The molecular weight excluding hydrogens is 348 g/mol. The predicted octanol–water partition coefficient (Wildman–Crippen LogP) is 2.15. The van der Waals surface area contributed by atoms with E-state index in [1.807, 2.05) is 24.3 Å². The zero-order valence-electron chi connectivity index (χ0n) is 15.3. The molecule has 2 aromatic rings. The molecule has 1 aliphatic rings. The Bertz CT molecular complexity index is 837. The van der Waals surface area contributed by atoms with Crippen molar-refractivity contribution in [2.45, 2.75) is 18.9 Å². The molecule has 0 fully saturated rings. The Kier molecular flexibility index (Phi) is 5.80. The number of benzene rings is 2. The van der Waals surface area contributed by atoms with Crippen LogP contribution < -0.4 is 24.8 Å². The normalized spacial score (nSPS) is 15.2. The molecule has 0 bridgehead atoms. The number of fused-ring (bicyclic) bond motifs is 1. The summed E-state index contributed by atoms with van der Waals surface area (Å²) in [7, 11) is 3.18. The number of rotatable bonds is 7. The highest BCUT2D eigenvalue weighted by molar-refractivity contribution is 5.99. The number of para-hydroxylation sites is 2. The van der Waals surface area contributed by atoms with Gasteiger partial charge in [-0.1, -0.05) is 18.2 Å². The summed E-state index contributed by atoms with van der Waals surface area (Å²) < 4.78 is 16.2. The van der Waals surface area contributed by atoms with Gasteiger partial charge in [0.1, 0.15) is 17.2 Å². The molecule has 0 aromatic heterocycles. The number of carbonyl (C=O) groups is 2. The molecule has 0 aliphatic carbocycles. The van der Waals surface area contributed by atoms with Crippen LogP contribution in [0.2, 0.25) is 0 Å². The minimum Gasteiger partial charge on any atom is -0.497 e. The maximum absolute atomic E-state index is 12.2. The summed E-state index contributed by atoms with van der Waals surface area (Å²) in [5, 5.41) is 5.57. The third kappa shape index (κ3) is 4.49. The highest BCUT2D eigenvalue weighted by atomic mass is 16.5. The van der Waals surface area contributed by atoms with Crippen LogP contribution in [-0.2, 0) is 16.0 Å². The van der Waals surface area contributed by atoms with Gasteiger partial charge in [0.25, 0.3) is 5.91 Å². The maximum Gasteiger partial charge on any atom is 0.266 e. The first-order chi connectivity index (χ1) is 13.1. The number of methoxy groups -OCH3 is 2. The molecule has 1 heterocycles. The van der Waals surface area contributed by atoms with E-state index in [2.05, 4.69) is 10.6 Å². The number of carbonyl (C=O) groups excluding carboxylic acids is 2. The molecule has 27 heavy (non-hydrogen) atoms. The summed E-state index contributed by atoms with van der Waals surface area (Å²) in [5.41, 5.74) is 1.57. The first-order valence-corrected chi connectivity index (χ1v) is 8.65. The van der Waals surface area contributed by atoms with Gasteiger partial charge in [0.05, 0.1) is 26.3 Å². The lowest BCUT2D eigenvalue weighted by atomic mass is 10.1. The Morgan fingerprint density at radius 3 is 2.78 bits per heavy atom. The van der Waals surface area contributed by atoms with Crippen LogP contribution in [0.25, 0.3) is 0 Å². The van der Waals surface area contributed by atoms with E-state index in [0.717, 1.165) is 5.56 Å². The number of ether oxygens (including phenoxy) is 3. The quantitative estimate of drug-likeness (QED) is 0.780. The zero-order chi connectivity index (χ0) is 19.2. The van der Waals surface area contributed by atoms with Gasteiger partial charge in [-0.15, -0.1) is 0 Å². The zero-order valence-corrected chi connectivity index (χ0v) is 15.3. The van der Waals surface area contributed by atoms with E-state index in [-0.39, 0.29) is 18.2 Å². The highest BCUT2D eigenvalue weighted by Crippen LogP contribution is 2.29. The van der Waals surface area contributed by atoms with Gasteiger partial charge in [-0.3, -0.25) is 9.59 Å². The number of anilines is 1. The Morgan fingerprint density at radius 1 is 1.19 bits per heavy atom. The Balaban J connectivity index is 1.51. The van der Waals surface area contributed by atoms with Gasteiger partial charge >= 0.3 is 0 Å². The molecule has 2 amide bonds. The van der Waals surface area contributed by atoms with Crippen LogP contribution in [0.4, 0.5) is 5.69 Å². The second-order valence-corrected chi connectivity index (χ2v) is 6.07. The number of hydrogen-bond donors (Lipinski definition) is 2. The monoisotopic (exact) mass is 370 g/mol. The van der Waals surface area contributed by atoms with Crippen molar-refractivity contribution >= 4 is 17.5 Å². The molecule has 0 spiro atoms. The van der Waals surface area contributed by atoms with Crippen LogP contribution in [0.5, 0.6) is 17.2 Å². The van der Waals surface area contributed by atoms with Crippen molar-refractivity contribution in [1.82, 2.24) is 5.32 Å². The van der Waals surface area contributed by atoms with E-state index in [9.17, 15) is 9.59 Å². The third-order valence-electron chi connectivity index (χ3n) is 4.29. The van der Waals surface area contributed by atoms with Gasteiger partial charge in [-0.2, -0.15) is 0 Å². The van der Waals surface area contributed by atoms with Crippen LogP contribution in [0.1, 0.15) is 12.0 Å². The highest BCUT2D eigenvalue weighted by Gasteiger charge is 2.29. The number of nitrogens with one attached hydrogen (secondary N) is 2. The Labute approximate surface area is 157 Å². The summed E-state index contributed by atoms with van der Waals surface area (Å²) in [6.45, 7) is 0.423. The summed E-state index contributed by atoms with van der Waals surface area (Å²) in [6.07, 6.45) is -0.283. The van der Waals surface area contributed by atoms with Crippen LogP contribution >= 0.6 is 0 Å². The van der Waals surface area contributed by atoms with Gasteiger partial charge in [-0.25, -0.2) is 0 Å². The summed E-state index contributed by atoms with van der Waals surface area (Å²) >= 11 is 0. The van der Waals surface area contributed by atoms with E-state index in [1.54, 1.807) is 32.4 Å². The average Bonchev–Trinajstić information content (AvgIpc) is 2.68. The molecule has 142 valence electrons. The molecule has 1 atom stereocenters. The number of amides is 2. The molecule has 1 aliphatic heterocycles. The molecule has 3 rings (SSSR count). The molecule has 7 heteroatoms. The molecule has 0 saturated heterocycles. The summed E-state index contributed by atoms with van der Waals surface area (Å²) in [5.74, 6) is 1.41. The van der Waals surface area contributed by atoms with Crippen molar-refractivity contribution in [2.75, 3.05) is 26.1 Å². The fourth-order valence-electron chi connectivity index (χ4n) is 2.86. The maximum atomic E-state index is 12.2. The SMILES string of the molecule is COc1ccc(CCNC(=O)C[C@@H]2Oc3ccccc3NC2=O)c(OC)c1. The van der Waals surface area contributed by atoms with E-state index in [1.165, 1.54) is 0 Å². The van der Waals surface area contributed by atoms with Crippen molar-refractivity contribution in [3.63, 3.8) is 0 Å². The van der Waals surface area contributed by atoms with Crippen molar-refractivity contribution in [3.8, 4) is 17.2 Å². The minimum atomic E-state index is -0.838. The fraction of sp³-hybridized carbons (Fsp3) is 0.300. The lowest BCUT2D eigenvalue weighted by Gasteiger charge is -2.25. The lowest BCUT2D eigenvalue weighted by molar-refractivity contribution is -0.130. The van der Waals surface area contributed by atoms with Crippen LogP contribution in [0, 0.1) is 0 Å². The molecule has 2 N–H and O–H groups in total. The second-order valence-electron chi connectivity index (χ2n) is 6.07. The van der Waals surface area contributed by atoms with Crippen molar-refractivity contribution in [1.29, 1.82) is 0 Å². The van der Waals surface area contributed by atoms with Gasteiger partial charge in [-0.05, 0) is 30.2 Å². The first-order valence-electron chi connectivity index (χ1n) is 8.65. The van der Waals surface area contributed by atoms with Crippen LogP contribution in [-0.4, -0.2) is 38.7 Å². The fourth-order valence-corrected chi connectivity index (χ4v) is 2.86. The standard InChI is InChI=1S/C20H22N2O5/c1-25-14-8-7-13(17(11-14)26-2)9-10-21-19(23)12-18-20(24)22-15-5-3-4-6-16(15)27-18/h3-8,11,18H,9-10,12H2,1-2H3,(H,21,23)(H,22,24)/t18-/m0/s1. The Hall–Kier alpha value is -3.22. The molecule has 0 saturated carbocycles. The first kappa shape index (κ1) is 18.6. The van der Waals surface area contributed by atoms with Crippen LogP contribution in [0.15, 0.2) is 42.5 Å². The average molecular weight is 370 g/mol. The summed E-state index contributed by atoms with van der Waals surface area (Å²) in [4.78, 5) is 24.3. The third-order valence-corrected chi connectivity index (χ3v) is 4.29. The largest absolute Gasteiger partial charge is 0.497 e. The van der Waals surface area contributed by atoms with E-state index < -0.39 is 6.10 Å². The van der Waals surface area contributed by atoms with Crippen molar-refractivity contribution in [3.05, 3.63) is 48.0 Å². The molecular formula is C20H22N2O5. The van der Waals surface area contributed by atoms with Gasteiger partial charge < -0.3 is 24.8 Å². The second kappa shape index (κ2) is 8.44. The molecule has 0 radical (unpaired) electrons. The topological polar surface area (TPSA) is 85.9 Å². The summed E-state index contributed by atoms with van der Waals surface area (Å²) in [6, 6.07) is 12.7. The molecule has 0 unspecified atom stereocenters. The van der Waals surface area contributed by atoms with Gasteiger partial charge in [0.15, 0.2) is 6.10 Å². The lowest BCUT2D eigenvalue weighted by Crippen LogP contribution is -2.41. The molecule has 7 nitrogen and oxygen atoms in total. The van der Waals surface area contributed by atoms with Gasteiger partial charge in [0, 0.05) is 12.6 Å². The smallest absolute Gasteiger partial charge is 0.266 e.